The third-order valence-corrected chi connectivity index (χ3v) is 6.79. The zero-order valence-electron chi connectivity index (χ0n) is 19.2. The normalized spacial score (nSPS) is 22.9. The van der Waals surface area contributed by atoms with Gasteiger partial charge in [-0.05, 0) is 41.4 Å². The van der Waals surface area contributed by atoms with Gasteiger partial charge in [-0.15, -0.1) is 0 Å². The second kappa shape index (κ2) is 10.3. The average Bonchev–Trinajstić information content (AvgIpc) is 2.72. The molecule has 1 aromatic rings. The van der Waals surface area contributed by atoms with Gasteiger partial charge in [0.15, 0.2) is 0 Å². The van der Waals surface area contributed by atoms with Crippen molar-refractivity contribution in [3.05, 3.63) is 34.9 Å². The summed E-state index contributed by atoms with van der Waals surface area (Å²) in [5.74, 6) is 0.317. The molecule has 2 amide bonds. The number of morpholine rings is 1. The van der Waals surface area contributed by atoms with Crippen molar-refractivity contribution in [2.75, 3.05) is 45.9 Å². The molecule has 0 bridgehead atoms. The molecule has 0 aliphatic carbocycles. The maximum absolute atomic E-state index is 13.4. The van der Waals surface area contributed by atoms with Gasteiger partial charge in [0, 0.05) is 31.2 Å². The lowest BCUT2D eigenvalue weighted by Gasteiger charge is -2.45. The third-order valence-electron chi connectivity index (χ3n) is 6.53. The highest BCUT2D eigenvalue weighted by molar-refractivity contribution is 6.30. The van der Waals surface area contributed by atoms with E-state index in [2.05, 4.69) is 36.2 Å². The van der Waals surface area contributed by atoms with Crippen molar-refractivity contribution in [2.24, 2.45) is 11.3 Å². The number of piperidine rings is 1. The fraction of sp³-hybridized carbons (Fsp3) is 0.667. The zero-order valence-corrected chi connectivity index (χ0v) is 20.0. The number of rotatable bonds is 6. The molecule has 2 fully saturated rings. The van der Waals surface area contributed by atoms with E-state index in [0.717, 1.165) is 24.5 Å². The minimum Gasteiger partial charge on any atom is -0.379 e. The Kier molecular flexibility index (Phi) is 8.00. The van der Waals surface area contributed by atoms with Gasteiger partial charge >= 0.3 is 0 Å². The molecule has 2 atom stereocenters. The first kappa shape index (κ1) is 24.0. The fourth-order valence-corrected chi connectivity index (χ4v) is 4.88. The molecule has 6 nitrogen and oxygen atoms in total. The number of halogens is 1. The van der Waals surface area contributed by atoms with Gasteiger partial charge in [0.1, 0.15) is 6.04 Å². The number of nitrogens with one attached hydrogen (secondary N) is 1. The molecular weight excluding hydrogens is 414 g/mol. The number of hydrogen-bond acceptors (Lipinski definition) is 4. The number of nitrogens with zero attached hydrogens (tertiary/aromatic N) is 2. The molecule has 2 aliphatic heterocycles. The number of benzene rings is 1. The molecular formula is C24H36ClN3O3. The van der Waals surface area contributed by atoms with E-state index < -0.39 is 6.04 Å². The summed E-state index contributed by atoms with van der Waals surface area (Å²) in [6, 6.07) is 7.55. The van der Waals surface area contributed by atoms with E-state index in [4.69, 9.17) is 16.3 Å². The Morgan fingerprint density at radius 2 is 1.81 bits per heavy atom. The fourth-order valence-electron chi connectivity index (χ4n) is 4.75. The third kappa shape index (κ3) is 6.21. The summed E-state index contributed by atoms with van der Waals surface area (Å²) >= 11 is 6.06. The van der Waals surface area contributed by atoms with Crippen LogP contribution < -0.4 is 5.32 Å². The summed E-state index contributed by atoms with van der Waals surface area (Å²) < 4.78 is 5.34. The molecule has 0 spiro atoms. The van der Waals surface area contributed by atoms with Crippen molar-refractivity contribution >= 4 is 23.4 Å². The van der Waals surface area contributed by atoms with Crippen LogP contribution in [-0.4, -0.2) is 73.6 Å². The van der Waals surface area contributed by atoms with Gasteiger partial charge in [-0.1, -0.05) is 51.4 Å². The van der Waals surface area contributed by atoms with E-state index in [0.29, 0.717) is 38.8 Å². The van der Waals surface area contributed by atoms with E-state index >= 15 is 0 Å². The summed E-state index contributed by atoms with van der Waals surface area (Å²) in [6.07, 6.45) is 0.896. The van der Waals surface area contributed by atoms with E-state index in [1.54, 1.807) is 0 Å². The van der Waals surface area contributed by atoms with Crippen LogP contribution >= 0.6 is 11.6 Å². The first-order chi connectivity index (χ1) is 14.7. The van der Waals surface area contributed by atoms with Crippen molar-refractivity contribution in [1.82, 2.24) is 15.1 Å². The standard InChI is InChI=1S/C24H36ClN3O3/c1-17(2)22(26-21(29)15-27-11-13-31-14-12-27)23(30)28-10-9-20(24(3,4)16-28)18-5-7-19(25)8-6-18/h5-8,17,20,22H,9-16H2,1-4H3,(H,26,29)/t20?,22-/m1/s1. The monoisotopic (exact) mass is 449 g/mol. The number of amides is 2. The molecule has 2 heterocycles. The lowest BCUT2D eigenvalue weighted by atomic mass is 9.70. The van der Waals surface area contributed by atoms with Gasteiger partial charge in [-0.3, -0.25) is 14.5 Å². The minimum atomic E-state index is -0.503. The number of ether oxygens (including phenoxy) is 1. The largest absolute Gasteiger partial charge is 0.379 e. The summed E-state index contributed by atoms with van der Waals surface area (Å²) in [5.41, 5.74) is 1.20. The van der Waals surface area contributed by atoms with Gasteiger partial charge in [-0.25, -0.2) is 0 Å². The van der Waals surface area contributed by atoms with Gasteiger partial charge < -0.3 is 15.0 Å². The first-order valence-corrected chi connectivity index (χ1v) is 11.7. The van der Waals surface area contributed by atoms with Crippen molar-refractivity contribution in [3.8, 4) is 0 Å². The van der Waals surface area contributed by atoms with Crippen molar-refractivity contribution in [2.45, 2.75) is 46.1 Å². The van der Waals surface area contributed by atoms with E-state index in [9.17, 15) is 9.59 Å². The van der Waals surface area contributed by atoms with E-state index in [-0.39, 0.29) is 23.1 Å². The lowest BCUT2D eigenvalue weighted by molar-refractivity contribution is -0.141. The number of hydrogen-bond donors (Lipinski definition) is 1. The predicted molar refractivity (Wildman–Crippen MR) is 123 cm³/mol. The van der Waals surface area contributed by atoms with Crippen LogP contribution in [0.1, 0.15) is 45.6 Å². The van der Waals surface area contributed by atoms with Crippen LogP contribution in [0.4, 0.5) is 0 Å². The number of carbonyl (C=O) groups is 2. The van der Waals surface area contributed by atoms with Crippen LogP contribution in [-0.2, 0) is 14.3 Å². The second-order valence-electron chi connectivity index (χ2n) is 9.82. The predicted octanol–water partition coefficient (Wildman–Crippen LogP) is 3.16. The van der Waals surface area contributed by atoms with E-state index in [1.807, 2.05) is 30.9 Å². The zero-order chi connectivity index (χ0) is 22.6. The Hall–Kier alpha value is -1.63. The van der Waals surface area contributed by atoms with Crippen LogP contribution in [0, 0.1) is 11.3 Å². The molecule has 7 heteroatoms. The molecule has 31 heavy (non-hydrogen) atoms. The highest BCUT2D eigenvalue weighted by Gasteiger charge is 2.40. The minimum absolute atomic E-state index is 0.0213. The molecule has 1 unspecified atom stereocenters. The van der Waals surface area contributed by atoms with Crippen LogP contribution in [0.15, 0.2) is 24.3 Å². The van der Waals surface area contributed by atoms with Crippen molar-refractivity contribution < 1.29 is 14.3 Å². The number of likely N-dealkylation sites (tertiary alicyclic amines) is 1. The Morgan fingerprint density at radius 1 is 1.16 bits per heavy atom. The van der Waals surface area contributed by atoms with Gasteiger partial charge in [0.05, 0.1) is 19.8 Å². The van der Waals surface area contributed by atoms with Gasteiger partial charge in [-0.2, -0.15) is 0 Å². The van der Waals surface area contributed by atoms with E-state index in [1.165, 1.54) is 5.56 Å². The average molecular weight is 450 g/mol. The maximum Gasteiger partial charge on any atom is 0.245 e. The molecule has 1 N–H and O–H groups in total. The van der Waals surface area contributed by atoms with Gasteiger partial charge in [0.2, 0.25) is 11.8 Å². The topological polar surface area (TPSA) is 61.9 Å². The first-order valence-electron chi connectivity index (χ1n) is 11.3. The number of carbonyl (C=O) groups excluding carboxylic acids is 2. The summed E-state index contributed by atoms with van der Waals surface area (Å²) in [5, 5.41) is 3.75. The maximum atomic E-state index is 13.4. The lowest BCUT2D eigenvalue weighted by Crippen LogP contribution is -2.57. The summed E-state index contributed by atoms with van der Waals surface area (Å²) in [6.45, 7) is 12.9. The highest BCUT2D eigenvalue weighted by Crippen LogP contribution is 2.42. The van der Waals surface area contributed by atoms with Crippen LogP contribution in [0.5, 0.6) is 0 Å². The molecule has 0 saturated carbocycles. The molecule has 0 radical (unpaired) electrons. The molecule has 0 aromatic heterocycles. The molecule has 172 valence electrons. The highest BCUT2D eigenvalue weighted by atomic mass is 35.5. The molecule has 1 aromatic carbocycles. The van der Waals surface area contributed by atoms with Crippen molar-refractivity contribution in [3.63, 3.8) is 0 Å². The second-order valence-corrected chi connectivity index (χ2v) is 10.3. The Balaban J connectivity index is 1.62. The quantitative estimate of drug-likeness (QED) is 0.724. The van der Waals surface area contributed by atoms with Crippen LogP contribution in [0.3, 0.4) is 0 Å². The summed E-state index contributed by atoms with van der Waals surface area (Å²) in [4.78, 5) is 30.0. The van der Waals surface area contributed by atoms with Gasteiger partial charge in [0.25, 0.3) is 0 Å². The Morgan fingerprint density at radius 3 is 2.39 bits per heavy atom. The van der Waals surface area contributed by atoms with Crippen LogP contribution in [0.2, 0.25) is 5.02 Å². The van der Waals surface area contributed by atoms with Crippen molar-refractivity contribution in [1.29, 1.82) is 0 Å². The molecule has 3 rings (SSSR count). The summed E-state index contributed by atoms with van der Waals surface area (Å²) in [7, 11) is 0. The Labute approximate surface area is 191 Å². The van der Waals surface area contributed by atoms with Crippen LogP contribution in [0.25, 0.3) is 0 Å². The smallest absolute Gasteiger partial charge is 0.245 e. The molecule has 2 saturated heterocycles. The molecule has 2 aliphatic rings. The SMILES string of the molecule is CC(C)[C@@H](NC(=O)CN1CCOCC1)C(=O)N1CCC(c2ccc(Cl)cc2)C(C)(C)C1. The Bertz CT molecular complexity index is 760.